The fourth-order valence-corrected chi connectivity index (χ4v) is 7.25. The van der Waals surface area contributed by atoms with Crippen LogP contribution in [0.3, 0.4) is 0 Å². The third-order valence-corrected chi connectivity index (χ3v) is 17.5. The smallest absolute Gasteiger partial charge is 0.330 e. The number of hydrogen-bond acceptors (Lipinski definition) is 6. The fraction of sp³-hybridized carbons (Fsp3) is 0.773. The molecule has 1 aromatic heterocycles. The maximum absolute atomic E-state index is 12.7. The van der Waals surface area contributed by atoms with E-state index in [-0.39, 0.29) is 10.1 Å². The normalized spacial score (nSPS) is 32.5. The SMILES string of the molecule is CC(C)(C)[Si](C)(C)OC1C2(O[Si](C)(C)C(C)(C)C)[C@@H](Cl)[C@H](n3ccc(=O)[nH]c3=O)O[C@]12C=O. The number of ether oxygens (including phenoxy) is 1. The minimum absolute atomic E-state index is 0.108. The van der Waals surface area contributed by atoms with Gasteiger partial charge in [0.1, 0.15) is 17.1 Å². The largest absolute Gasteiger partial charge is 0.407 e. The molecular formula is C22H37ClN2O6Si2. The van der Waals surface area contributed by atoms with E-state index >= 15 is 0 Å². The summed E-state index contributed by atoms with van der Waals surface area (Å²) >= 11 is 7.03. The second-order valence-electron chi connectivity index (χ2n) is 12.3. The van der Waals surface area contributed by atoms with E-state index in [1.165, 1.54) is 16.8 Å². The van der Waals surface area contributed by atoms with Crippen molar-refractivity contribution in [2.75, 3.05) is 0 Å². The van der Waals surface area contributed by atoms with E-state index in [0.29, 0.717) is 0 Å². The summed E-state index contributed by atoms with van der Waals surface area (Å²) in [5.74, 6) is 0. The molecule has 33 heavy (non-hydrogen) atoms. The van der Waals surface area contributed by atoms with Crippen molar-refractivity contribution in [2.45, 2.75) is 107 Å². The van der Waals surface area contributed by atoms with Gasteiger partial charge in [-0.15, -0.1) is 11.6 Å². The molecule has 2 fully saturated rings. The van der Waals surface area contributed by atoms with Gasteiger partial charge in [0.15, 0.2) is 34.7 Å². The summed E-state index contributed by atoms with van der Waals surface area (Å²) < 4.78 is 21.0. The van der Waals surface area contributed by atoms with Crippen LogP contribution in [0.15, 0.2) is 21.9 Å². The highest BCUT2D eigenvalue weighted by Crippen LogP contribution is 2.69. The molecule has 8 nitrogen and oxygen atoms in total. The molecule has 1 saturated heterocycles. The topological polar surface area (TPSA) is 99.6 Å². The Hall–Kier alpha value is -1.05. The zero-order chi connectivity index (χ0) is 25.4. The highest BCUT2D eigenvalue weighted by molar-refractivity contribution is 6.75. The van der Waals surface area contributed by atoms with E-state index in [0.717, 1.165) is 6.29 Å². The lowest BCUT2D eigenvalue weighted by Gasteiger charge is -2.42. The van der Waals surface area contributed by atoms with Crippen molar-refractivity contribution < 1.29 is 18.4 Å². The van der Waals surface area contributed by atoms with Gasteiger partial charge in [-0.05, 0) is 36.3 Å². The maximum Gasteiger partial charge on any atom is 0.330 e. The van der Waals surface area contributed by atoms with Crippen molar-refractivity contribution in [1.82, 2.24) is 9.55 Å². The summed E-state index contributed by atoms with van der Waals surface area (Å²) in [7, 11) is -4.79. The molecular weight excluding hydrogens is 480 g/mol. The molecule has 3 rings (SSSR count). The van der Waals surface area contributed by atoms with E-state index in [4.69, 9.17) is 25.2 Å². The number of aromatic nitrogens is 2. The molecule has 0 bridgehead atoms. The van der Waals surface area contributed by atoms with Gasteiger partial charge in [0.25, 0.3) is 5.56 Å². The molecule has 11 heteroatoms. The zero-order valence-electron chi connectivity index (χ0n) is 21.2. The Morgan fingerprint density at radius 1 is 1.09 bits per heavy atom. The molecule has 1 aliphatic carbocycles. The quantitative estimate of drug-likeness (QED) is 0.351. The predicted molar refractivity (Wildman–Crippen MR) is 133 cm³/mol. The average Bonchev–Trinajstić information content (AvgIpc) is 3.05. The van der Waals surface area contributed by atoms with Crippen molar-refractivity contribution in [3.63, 3.8) is 0 Å². The summed E-state index contributed by atoms with van der Waals surface area (Å²) in [5, 5.41) is -1.16. The number of halogens is 1. The molecule has 1 saturated carbocycles. The van der Waals surface area contributed by atoms with Crippen LogP contribution in [0.25, 0.3) is 0 Å². The highest BCUT2D eigenvalue weighted by Gasteiger charge is 2.91. The minimum atomic E-state index is -2.45. The first-order valence-electron chi connectivity index (χ1n) is 11.3. The van der Waals surface area contributed by atoms with E-state index < -0.39 is 56.8 Å². The number of carbonyl (C=O) groups is 1. The van der Waals surface area contributed by atoms with Gasteiger partial charge in [0, 0.05) is 12.3 Å². The Morgan fingerprint density at radius 2 is 1.64 bits per heavy atom. The zero-order valence-corrected chi connectivity index (χ0v) is 24.0. The lowest BCUT2D eigenvalue weighted by Crippen LogP contribution is -2.52. The van der Waals surface area contributed by atoms with Crippen LogP contribution in [-0.4, -0.2) is 55.2 Å². The number of H-pyrrole nitrogens is 1. The molecule has 1 aromatic rings. The molecule has 0 spiro atoms. The standard InChI is InChI=1S/C22H37ClN2O6Si2/c1-19(2,3)32(7,8)30-17-21(13-26)22(17,31-33(9,10)20(4,5)6)15(23)16(29-21)25-12-11-14(27)24-18(25)28/h11-13,15-17H,1-10H3,(H,24,27,28)/t15-,16+,17?,21+,22?/m0/s1. The Morgan fingerprint density at radius 3 is 2.09 bits per heavy atom. The second-order valence-corrected chi connectivity index (χ2v) is 22.2. The van der Waals surface area contributed by atoms with Gasteiger partial charge in [-0.1, -0.05) is 41.5 Å². The Balaban J connectivity index is 2.13. The molecule has 0 aromatic carbocycles. The highest BCUT2D eigenvalue weighted by atomic mass is 35.5. The molecule has 186 valence electrons. The Bertz CT molecular complexity index is 1060. The lowest BCUT2D eigenvalue weighted by atomic mass is 10.2. The van der Waals surface area contributed by atoms with E-state index in [1.807, 2.05) is 0 Å². The lowest BCUT2D eigenvalue weighted by molar-refractivity contribution is -0.129. The number of alkyl halides is 1. The van der Waals surface area contributed by atoms with E-state index in [1.54, 1.807) is 0 Å². The van der Waals surface area contributed by atoms with Gasteiger partial charge in [-0.25, -0.2) is 4.79 Å². The first-order chi connectivity index (χ1) is 14.8. The Labute approximate surface area is 202 Å². The number of hydrogen-bond donors (Lipinski definition) is 1. The number of carbonyl (C=O) groups excluding carboxylic acids is 1. The number of nitrogens with one attached hydrogen (secondary N) is 1. The second kappa shape index (κ2) is 7.73. The van der Waals surface area contributed by atoms with E-state index in [9.17, 15) is 14.4 Å². The van der Waals surface area contributed by atoms with Gasteiger partial charge >= 0.3 is 5.69 Å². The van der Waals surface area contributed by atoms with Gasteiger partial charge < -0.3 is 13.6 Å². The average molecular weight is 517 g/mol. The van der Waals surface area contributed by atoms with Crippen molar-refractivity contribution in [2.24, 2.45) is 0 Å². The third kappa shape index (κ3) is 3.86. The van der Waals surface area contributed by atoms with Crippen molar-refractivity contribution >= 4 is 34.5 Å². The number of fused-ring (bicyclic) bond motifs is 1. The van der Waals surface area contributed by atoms with Crippen LogP contribution in [0.4, 0.5) is 0 Å². The molecule has 0 amide bonds. The molecule has 1 aliphatic heterocycles. The summed E-state index contributed by atoms with van der Waals surface area (Å²) in [6.07, 6.45) is 0.373. The summed E-state index contributed by atoms with van der Waals surface area (Å²) in [5.41, 5.74) is -3.87. The van der Waals surface area contributed by atoms with Gasteiger partial charge in [0.05, 0.1) is 0 Å². The van der Waals surface area contributed by atoms with Crippen LogP contribution in [0.5, 0.6) is 0 Å². The first-order valence-corrected chi connectivity index (χ1v) is 17.5. The predicted octanol–water partition coefficient (Wildman–Crippen LogP) is 3.78. The van der Waals surface area contributed by atoms with Crippen LogP contribution in [-0.2, 0) is 18.4 Å². The summed E-state index contributed by atoms with van der Waals surface area (Å²) in [6, 6.07) is 1.22. The minimum Gasteiger partial charge on any atom is -0.407 e. The summed E-state index contributed by atoms with van der Waals surface area (Å²) in [4.78, 5) is 38.9. The summed E-state index contributed by atoms with van der Waals surface area (Å²) in [6.45, 7) is 21.0. The first kappa shape index (κ1) is 26.6. The van der Waals surface area contributed by atoms with Gasteiger partial charge in [-0.2, -0.15) is 0 Å². The van der Waals surface area contributed by atoms with Crippen molar-refractivity contribution in [3.8, 4) is 0 Å². The molecule has 2 unspecified atom stereocenters. The van der Waals surface area contributed by atoms with Crippen LogP contribution in [0, 0.1) is 0 Å². The number of nitrogens with zero attached hydrogens (tertiary/aromatic N) is 1. The van der Waals surface area contributed by atoms with Crippen molar-refractivity contribution in [1.29, 1.82) is 0 Å². The molecule has 1 N–H and O–H groups in total. The molecule has 5 atom stereocenters. The maximum atomic E-state index is 12.7. The van der Waals surface area contributed by atoms with E-state index in [2.05, 4.69) is 72.7 Å². The number of aromatic amines is 1. The number of rotatable bonds is 6. The van der Waals surface area contributed by atoms with Crippen LogP contribution in [0.2, 0.25) is 36.3 Å². The number of aldehydes is 1. The molecule has 0 radical (unpaired) electrons. The monoisotopic (exact) mass is 516 g/mol. The Kier molecular flexibility index (Phi) is 6.22. The molecule has 2 aliphatic rings. The fourth-order valence-electron chi connectivity index (χ4n) is 3.84. The third-order valence-electron chi connectivity index (χ3n) is 8.03. The van der Waals surface area contributed by atoms with Crippen molar-refractivity contribution in [3.05, 3.63) is 33.1 Å². The molecule has 2 heterocycles. The van der Waals surface area contributed by atoms with Crippen LogP contribution in [0.1, 0.15) is 47.8 Å². The van der Waals surface area contributed by atoms with Gasteiger partial charge in [0.2, 0.25) is 0 Å². The van der Waals surface area contributed by atoms with Crippen LogP contribution < -0.4 is 11.2 Å². The van der Waals surface area contributed by atoms with Gasteiger partial charge in [-0.3, -0.25) is 19.1 Å². The van der Waals surface area contributed by atoms with Crippen LogP contribution >= 0.6 is 11.6 Å².